The predicted octanol–water partition coefficient (Wildman–Crippen LogP) is 5.24. The standard InChI is InChI=1S/C25H12FN3O/c26-14-6-7-15-16(8-10-27)22(17(9-11-28)20(15)13-14)23-18-3-1-5-21(30)24(18)25-19(23)4-2-12-29-25/h1-9,12-13,30H/b16-8+,17-9+,23-22+. The van der Waals surface area contributed by atoms with E-state index in [-0.39, 0.29) is 5.75 Å². The lowest BCUT2D eigenvalue weighted by Gasteiger charge is -2.11. The number of aromatic nitrogens is 1. The molecule has 1 heterocycles. The summed E-state index contributed by atoms with van der Waals surface area (Å²) in [6, 6.07) is 17.4. The van der Waals surface area contributed by atoms with Crippen LogP contribution in [0.2, 0.25) is 0 Å². The summed E-state index contributed by atoms with van der Waals surface area (Å²) in [5, 5.41) is 29.5. The molecule has 4 nitrogen and oxygen atoms in total. The first-order valence-electron chi connectivity index (χ1n) is 9.18. The number of nitrogens with zero attached hydrogens (tertiary/aromatic N) is 3. The maximum Gasteiger partial charge on any atom is 0.125 e. The van der Waals surface area contributed by atoms with Gasteiger partial charge in [0.05, 0.1) is 23.4 Å². The number of allylic oxidation sites excluding steroid dienone is 5. The number of fused-ring (bicyclic) bond motifs is 4. The van der Waals surface area contributed by atoms with E-state index < -0.39 is 5.82 Å². The van der Waals surface area contributed by atoms with Crippen LogP contribution in [0.5, 0.6) is 5.75 Å². The highest BCUT2D eigenvalue weighted by Crippen LogP contribution is 2.55. The van der Waals surface area contributed by atoms with Crippen LogP contribution in [-0.2, 0) is 0 Å². The van der Waals surface area contributed by atoms with E-state index >= 15 is 0 Å². The lowest BCUT2D eigenvalue weighted by molar-refractivity contribution is 0.477. The van der Waals surface area contributed by atoms with Crippen LogP contribution in [0, 0.1) is 28.5 Å². The van der Waals surface area contributed by atoms with Gasteiger partial charge in [-0.15, -0.1) is 0 Å². The van der Waals surface area contributed by atoms with Crippen molar-refractivity contribution >= 4 is 16.7 Å². The van der Waals surface area contributed by atoms with E-state index in [0.29, 0.717) is 39.1 Å². The fraction of sp³-hybridized carbons (Fsp3) is 0. The third kappa shape index (κ3) is 2.33. The molecule has 2 aliphatic carbocycles. The van der Waals surface area contributed by atoms with Gasteiger partial charge in [0.25, 0.3) is 0 Å². The zero-order valence-electron chi connectivity index (χ0n) is 15.5. The van der Waals surface area contributed by atoms with Gasteiger partial charge in [0, 0.05) is 46.2 Å². The Morgan fingerprint density at radius 3 is 2.33 bits per heavy atom. The quantitative estimate of drug-likeness (QED) is 0.417. The van der Waals surface area contributed by atoms with Crippen LogP contribution in [0.15, 0.2) is 72.5 Å². The van der Waals surface area contributed by atoms with Gasteiger partial charge in [-0.25, -0.2) is 4.39 Å². The normalized spacial score (nSPS) is 18.6. The summed E-state index contributed by atoms with van der Waals surface area (Å²) in [5.41, 5.74) is 6.55. The molecule has 0 spiro atoms. The Morgan fingerprint density at radius 2 is 1.57 bits per heavy atom. The summed E-state index contributed by atoms with van der Waals surface area (Å²) < 4.78 is 14.1. The zero-order chi connectivity index (χ0) is 20.8. The Bertz CT molecular complexity index is 1430. The lowest BCUT2D eigenvalue weighted by atomic mass is 9.91. The van der Waals surface area contributed by atoms with Crippen molar-refractivity contribution in [2.75, 3.05) is 0 Å². The van der Waals surface area contributed by atoms with Crippen molar-refractivity contribution in [2.45, 2.75) is 0 Å². The largest absolute Gasteiger partial charge is 0.507 e. The minimum Gasteiger partial charge on any atom is -0.507 e. The van der Waals surface area contributed by atoms with E-state index in [1.807, 2.05) is 12.1 Å². The van der Waals surface area contributed by atoms with Gasteiger partial charge in [-0.1, -0.05) is 24.3 Å². The molecule has 5 heteroatoms. The van der Waals surface area contributed by atoms with Gasteiger partial charge in [-0.3, -0.25) is 4.98 Å². The molecule has 5 rings (SSSR count). The summed E-state index contributed by atoms with van der Waals surface area (Å²) in [5.74, 6) is -0.326. The maximum absolute atomic E-state index is 14.1. The van der Waals surface area contributed by atoms with Crippen LogP contribution in [0.25, 0.3) is 28.0 Å². The van der Waals surface area contributed by atoms with E-state index in [1.165, 1.54) is 24.3 Å². The number of halogens is 1. The molecule has 0 radical (unpaired) electrons. The van der Waals surface area contributed by atoms with Gasteiger partial charge < -0.3 is 5.11 Å². The predicted molar refractivity (Wildman–Crippen MR) is 111 cm³/mol. The highest BCUT2D eigenvalue weighted by molar-refractivity contribution is 6.19. The third-order valence-electron chi connectivity index (χ3n) is 5.39. The number of aromatic hydroxyl groups is 1. The number of hydrogen-bond acceptors (Lipinski definition) is 4. The molecule has 1 aromatic heterocycles. The monoisotopic (exact) mass is 389 g/mol. The number of hydrogen-bond donors (Lipinski definition) is 1. The van der Waals surface area contributed by atoms with Crippen molar-refractivity contribution in [3.63, 3.8) is 0 Å². The number of nitriles is 2. The topological polar surface area (TPSA) is 80.7 Å². The Balaban J connectivity index is 1.98. The minimum absolute atomic E-state index is 0.0984. The summed E-state index contributed by atoms with van der Waals surface area (Å²) in [7, 11) is 0. The summed E-state index contributed by atoms with van der Waals surface area (Å²) >= 11 is 0. The Labute approximate surface area is 171 Å². The van der Waals surface area contributed by atoms with Gasteiger partial charge >= 0.3 is 0 Å². The van der Waals surface area contributed by atoms with Crippen molar-refractivity contribution in [2.24, 2.45) is 0 Å². The van der Waals surface area contributed by atoms with Gasteiger partial charge in [-0.2, -0.15) is 10.5 Å². The van der Waals surface area contributed by atoms with Crippen molar-refractivity contribution in [3.8, 4) is 29.1 Å². The summed E-state index contributed by atoms with van der Waals surface area (Å²) in [6.07, 6.45) is 4.43. The molecule has 0 saturated heterocycles. The first-order chi connectivity index (χ1) is 14.7. The second-order valence-corrected chi connectivity index (χ2v) is 6.91. The van der Waals surface area contributed by atoms with Crippen LogP contribution in [-0.4, -0.2) is 10.1 Å². The molecule has 0 saturated carbocycles. The molecule has 3 aromatic rings. The van der Waals surface area contributed by atoms with Crippen LogP contribution in [0.3, 0.4) is 0 Å². The number of pyridine rings is 1. The van der Waals surface area contributed by atoms with Crippen molar-refractivity contribution in [3.05, 3.63) is 101 Å². The molecule has 140 valence electrons. The van der Waals surface area contributed by atoms with E-state index in [2.05, 4.69) is 17.1 Å². The maximum atomic E-state index is 14.1. The molecule has 1 N–H and O–H groups in total. The average molecular weight is 389 g/mol. The Kier molecular flexibility index (Phi) is 3.84. The van der Waals surface area contributed by atoms with Crippen molar-refractivity contribution in [1.82, 2.24) is 4.98 Å². The molecule has 0 bridgehead atoms. The Hall–Kier alpha value is -4.48. The molecule has 30 heavy (non-hydrogen) atoms. The molecule has 0 atom stereocenters. The first-order valence-corrected chi connectivity index (χ1v) is 9.18. The zero-order valence-corrected chi connectivity index (χ0v) is 15.5. The van der Waals surface area contributed by atoms with E-state index in [4.69, 9.17) is 0 Å². The second-order valence-electron chi connectivity index (χ2n) is 6.91. The third-order valence-corrected chi connectivity index (χ3v) is 5.39. The molecule has 2 aromatic carbocycles. The molecular weight excluding hydrogens is 377 g/mol. The van der Waals surface area contributed by atoms with Gasteiger partial charge in [0.15, 0.2) is 0 Å². The van der Waals surface area contributed by atoms with Gasteiger partial charge in [-0.05, 0) is 41.0 Å². The molecular formula is C25H12FN3O. The van der Waals surface area contributed by atoms with Crippen LogP contribution in [0.1, 0.15) is 22.3 Å². The summed E-state index contributed by atoms with van der Waals surface area (Å²) in [6.45, 7) is 0. The Morgan fingerprint density at radius 1 is 0.833 bits per heavy atom. The number of phenols is 1. The SMILES string of the molecule is N#C/C=C1C(=C2\c3cccnc3-c3c(O)cccc32)/C(=C/C#N)c2cc(F)ccc2/1. The first kappa shape index (κ1) is 17.6. The van der Waals surface area contributed by atoms with E-state index in [1.54, 1.807) is 30.5 Å². The van der Waals surface area contributed by atoms with Crippen LogP contribution >= 0.6 is 0 Å². The summed E-state index contributed by atoms with van der Waals surface area (Å²) in [4.78, 5) is 4.47. The fourth-order valence-corrected chi connectivity index (χ4v) is 4.30. The number of rotatable bonds is 0. The van der Waals surface area contributed by atoms with Crippen molar-refractivity contribution in [1.29, 1.82) is 10.5 Å². The minimum atomic E-state index is -0.424. The molecule has 0 unspecified atom stereocenters. The lowest BCUT2D eigenvalue weighted by Crippen LogP contribution is -1.91. The molecule has 0 fully saturated rings. The number of benzene rings is 2. The van der Waals surface area contributed by atoms with Gasteiger partial charge in [0.2, 0.25) is 0 Å². The van der Waals surface area contributed by atoms with E-state index in [0.717, 1.165) is 16.7 Å². The second kappa shape index (κ2) is 6.55. The van der Waals surface area contributed by atoms with Crippen LogP contribution < -0.4 is 0 Å². The highest BCUT2D eigenvalue weighted by Gasteiger charge is 2.36. The smallest absolute Gasteiger partial charge is 0.125 e. The molecule has 0 amide bonds. The highest BCUT2D eigenvalue weighted by atomic mass is 19.1. The fourth-order valence-electron chi connectivity index (χ4n) is 4.30. The van der Waals surface area contributed by atoms with Crippen LogP contribution in [0.4, 0.5) is 4.39 Å². The van der Waals surface area contributed by atoms with Crippen molar-refractivity contribution < 1.29 is 9.50 Å². The average Bonchev–Trinajstić information content (AvgIpc) is 3.22. The molecule has 2 aliphatic rings. The number of phenolic OH excluding ortho intramolecular Hbond substituents is 1. The van der Waals surface area contributed by atoms with Gasteiger partial charge in [0.1, 0.15) is 11.6 Å². The molecule has 0 aliphatic heterocycles. The van der Waals surface area contributed by atoms with E-state index in [9.17, 15) is 20.0 Å².